The summed E-state index contributed by atoms with van der Waals surface area (Å²) in [5.74, 6) is 0.157. The molecule has 1 heterocycles. The second-order valence-corrected chi connectivity index (χ2v) is 7.98. The summed E-state index contributed by atoms with van der Waals surface area (Å²) >= 11 is 12.4. The molecule has 0 spiro atoms. The van der Waals surface area contributed by atoms with Crippen LogP contribution in [0.1, 0.15) is 27.2 Å². The monoisotopic (exact) mass is 486 g/mol. The van der Waals surface area contributed by atoms with Gasteiger partial charge in [-0.1, -0.05) is 35.3 Å². The zero-order valence-corrected chi connectivity index (χ0v) is 19.8. The van der Waals surface area contributed by atoms with Crippen molar-refractivity contribution in [2.24, 2.45) is 0 Å². The topological polar surface area (TPSA) is 85.2 Å². The first-order valence-corrected chi connectivity index (χ1v) is 11.0. The second kappa shape index (κ2) is 11.5. The van der Waals surface area contributed by atoms with Crippen LogP contribution in [0.4, 0.5) is 0 Å². The van der Waals surface area contributed by atoms with Gasteiger partial charge in [-0.05, 0) is 55.0 Å². The molecule has 7 nitrogen and oxygen atoms in total. The van der Waals surface area contributed by atoms with E-state index in [-0.39, 0.29) is 18.4 Å². The lowest BCUT2D eigenvalue weighted by Gasteiger charge is -2.06. The van der Waals surface area contributed by atoms with Gasteiger partial charge in [-0.2, -0.15) is 5.10 Å². The van der Waals surface area contributed by atoms with Gasteiger partial charge in [0.2, 0.25) is 5.91 Å². The second-order valence-electron chi connectivity index (χ2n) is 7.18. The largest absolute Gasteiger partial charge is 0.497 e. The van der Waals surface area contributed by atoms with Gasteiger partial charge in [0.1, 0.15) is 10.9 Å². The highest BCUT2D eigenvalue weighted by molar-refractivity contribution is 6.31. The third kappa shape index (κ3) is 6.84. The predicted octanol–water partition coefficient (Wildman–Crippen LogP) is 4.11. The Bertz CT molecular complexity index is 1140. The van der Waals surface area contributed by atoms with Crippen molar-refractivity contribution in [2.45, 2.75) is 13.5 Å². The number of carbonyl (C=O) groups is 2. The zero-order valence-electron chi connectivity index (χ0n) is 18.3. The molecule has 0 saturated carbocycles. The normalized spacial score (nSPS) is 10.9. The number of hydrogen-bond acceptors (Lipinski definition) is 4. The number of aromatic nitrogens is 2. The number of halogens is 2. The van der Waals surface area contributed by atoms with Gasteiger partial charge in [-0.3, -0.25) is 9.59 Å². The number of benzene rings is 2. The van der Waals surface area contributed by atoms with Crippen LogP contribution < -0.4 is 15.4 Å². The number of ether oxygens (including phenoxy) is 1. The molecule has 2 amide bonds. The van der Waals surface area contributed by atoms with Gasteiger partial charge in [0.15, 0.2) is 0 Å². The third-order valence-electron chi connectivity index (χ3n) is 4.82. The maximum absolute atomic E-state index is 12.1. The minimum absolute atomic E-state index is 0.224. The van der Waals surface area contributed by atoms with Crippen molar-refractivity contribution < 1.29 is 14.3 Å². The van der Waals surface area contributed by atoms with Gasteiger partial charge in [-0.15, -0.1) is 0 Å². The first-order chi connectivity index (χ1) is 15.9. The first-order valence-electron chi connectivity index (χ1n) is 10.2. The molecule has 0 radical (unpaired) electrons. The van der Waals surface area contributed by atoms with Crippen LogP contribution in [0.25, 0.3) is 6.08 Å². The molecule has 0 aliphatic rings. The van der Waals surface area contributed by atoms with Crippen molar-refractivity contribution in [3.63, 3.8) is 0 Å². The number of hydrogen-bond donors (Lipinski definition) is 2. The molecule has 2 aromatic carbocycles. The molecule has 33 heavy (non-hydrogen) atoms. The molecule has 0 unspecified atom stereocenters. The molecule has 0 saturated heterocycles. The van der Waals surface area contributed by atoms with Crippen LogP contribution in [0, 0.1) is 6.92 Å². The lowest BCUT2D eigenvalue weighted by Crippen LogP contribution is -2.33. The van der Waals surface area contributed by atoms with Crippen molar-refractivity contribution in [1.82, 2.24) is 20.4 Å². The van der Waals surface area contributed by atoms with Gasteiger partial charge < -0.3 is 15.4 Å². The van der Waals surface area contributed by atoms with E-state index >= 15 is 0 Å². The van der Waals surface area contributed by atoms with E-state index in [1.165, 1.54) is 6.08 Å². The summed E-state index contributed by atoms with van der Waals surface area (Å²) in [6.45, 7) is 2.90. The van der Waals surface area contributed by atoms with E-state index in [1.54, 1.807) is 42.1 Å². The minimum Gasteiger partial charge on any atom is -0.497 e. The van der Waals surface area contributed by atoms with Crippen LogP contribution in [0.2, 0.25) is 10.2 Å². The molecule has 172 valence electrons. The number of aryl methyl sites for hydroxylation is 1. The lowest BCUT2D eigenvalue weighted by molar-refractivity contribution is -0.116. The molecule has 2 N–H and O–H groups in total. The Kier molecular flexibility index (Phi) is 8.52. The van der Waals surface area contributed by atoms with Gasteiger partial charge in [0.05, 0.1) is 19.3 Å². The molecule has 0 fully saturated rings. The molecular weight excluding hydrogens is 463 g/mol. The smallest absolute Gasteiger partial charge is 0.251 e. The van der Waals surface area contributed by atoms with Crippen molar-refractivity contribution in [3.05, 3.63) is 87.2 Å². The maximum atomic E-state index is 12.1. The molecule has 1 aromatic heterocycles. The Balaban J connectivity index is 1.48. The summed E-state index contributed by atoms with van der Waals surface area (Å²) in [6.07, 6.45) is 3.03. The fourth-order valence-electron chi connectivity index (χ4n) is 3.05. The fourth-order valence-corrected chi connectivity index (χ4v) is 3.47. The quantitative estimate of drug-likeness (QED) is 0.352. The highest BCUT2D eigenvalue weighted by Crippen LogP contribution is 2.22. The summed E-state index contributed by atoms with van der Waals surface area (Å²) in [5, 5.41) is 11.0. The molecule has 3 aromatic rings. The maximum Gasteiger partial charge on any atom is 0.251 e. The van der Waals surface area contributed by atoms with Crippen LogP contribution in [0.3, 0.4) is 0 Å². The molecule has 0 bridgehead atoms. The number of amides is 2. The molecule has 9 heteroatoms. The molecular formula is C24H24Cl2N4O3. The van der Waals surface area contributed by atoms with E-state index in [9.17, 15) is 9.59 Å². The van der Waals surface area contributed by atoms with E-state index in [1.807, 2.05) is 31.2 Å². The van der Waals surface area contributed by atoms with Crippen LogP contribution in [-0.4, -0.2) is 41.8 Å². The van der Waals surface area contributed by atoms with Crippen LogP contribution in [-0.2, 0) is 11.3 Å². The molecule has 0 aliphatic carbocycles. The van der Waals surface area contributed by atoms with Gasteiger partial charge in [-0.25, -0.2) is 4.68 Å². The van der Waals surface area contributed by atoms with E-state index in [0.29, 0.717) is 45.8 Å². The van der Waals surface area contributed by atoms with Crippen LogP contribution >= 0.6 is 23.2 Å². The molecule has 0 atom stereocenters. The summed E-state index contributed by atoms with van der Waals surface area (Å²) in [5.41, 5.74) is 2.91. The molecule has 0 aliphatic heterocycles. The van der Waals surface area contributed by atoms with Crippen molar-refractivity contribution >= 4 is 41.1 Å². The van der Waals surface area contributed by atoms with Crippen molar-refractivity contribution in [2.75, 3.05) is 20.2 Å². The minimum atomic E-state index is -0.297. The fraction of sp³-hybridized carbons (Fsp3) is 0.208. The Morgan fingerprint density at radius 2 is 1.70 bits per heavy atom. The zero-order chi connectivity index (χ0) is 23.8. The average Bonchev–Trinajstić information content (AvgIpc) is 3.08. The summed E-state index contributed by atoms with van der Waals surface area (Å²) in [4.78, 5) is 24.3. The predicted molar refractivity (Wildman–Crippen MR) is 130 cm³/mol. The van der Waals surface area contributed by atoms with Crippen LogP contribution in [0.15, 0.2) is 54.6 Å². The van der Waals surface area contributed by atoms with E-state index in [4.69, 9.17) is 27.9 Å². The first kappa shape index (κ1) is 24.4. The SMILES string of the molecule is COc1ccc(C(=O)NCCNC(=O)/C=C/c2c(C)nn(Cc3ccc(Cl)cc3)c2Cl)cc1. The summed E-state index contributed by atoms with van der Waals surface area (Å²) in [7, 11) is 1.56. The number of rotatable bonds is 9. The Morgan fingerprint density at radius 3 is 2.36 bits per heavy atom. The standard InChI is InChI=1S/C24H24Cl2N4O3/c1-16-21(23(26)30(29-16)15-17-3-7-19(25)8-4-17)11-12-22(31)27-13-14-28-24(32)18-5-9-20(33-2)10-6-18/h3-12H,13-15H2,1-2H3,(H,27,31)(H,28,32)/b12-11+. The van der Waals surface area contributed by atoms with E-state index in [0.717, 1.165) is 5.56 Å². The summed E-state index contributed by atoms with van der Waals surface area (Å²) < 4.78 is 6.74. The van der Waals surface area contributed by atoms with Gasteiger partial charge in [0, 0.05) is 35.3 Å². The Labute approximate surface area is 202 Å². The highest BCUT2D eigenvalue weighted by atomic mass is 35.5. The third-order valence-corrected chi connectivity index (χ3v) is 5.47. The molecule has 3 rings (SSSR count). The number of nitrogens with one attached hydrogen (secondary N) is 2. The van der Waals surface area contributed by atoms with E-state index in [2.05, 4.69) is 15.7 Å². The van der Waals surface area contributed by atoms with Crippen molar-refractivity contribution in [3.8, 4) is 5.75 Å². The number of methoxy groups -OCH3 is 1. The van der Waals surface area contributed by atoms with Crippen molar-refractivity contribution in [1.29, 1.82) is 0 Å². The summed E-state index contributed by atoms with van der Waals surface area (Å²) in [6, 6.07) is 14.2. The van der Waals surface area contributed by atoms with Gasteiger partial charge >= 0.3 is 0 Å². The van der Waals surface area contributed by atoms with Crippen LogP contribution in [0.5, 0.6) is 5.75 Å². The highest BCUT2D eigenvalue weighted by Gasteiger charge is 2.12. The number of nitrogens with zero attached hydrogens (tertiary/aromatic N) is 2. The Morgan fingerprint density at radius 1 is 1.03 bits per heavy atom. The lowest BCUT2D eigenvalue weighted by atomic mass is 10.2. The Hall–Kier alpha value is -3.29. The average molecular weight is 487 g/mol. The van der Waals surface area contributed by atoms with E-state index < -0.39 is 0 Å². The number of carbonyl (C=O) groups excluding carboxylic acids is 2. The van der Waals surface area contributed by atoms with Gasteiger partial charge in [0.25, 0.3) is 5.91 Å².